The van der Waals surface area contributed by atoms with Crippen LogP contribution < -0.4 is 0 Å². The van der Waals surface area contributed by atoms with Crippen LogP contribution in [0.15, 0.2) is 0 Å². The molecule has 0 radical (unpaired) electrons. The summed E-state index contributed by atoms with van der Waals surface area (Å²) >= 11 is 0. The van der Waals surface area contributed by atoms with Gasteiger partial charge in [0.25, 0.3) is 0 Å². The number of morpholine rings is 1. The molecule has 2 saturated heterocycles. The van der Waals surface area contributed by atoms with Crippen LogP contribution in [0.3, 0.4) is 0 Å². The van der Waals surface area contributed by atoms with Crippen LogP contribution in [0, 0.1) is 0 Å². The van der Waals surface area contributed by atoms with Gasteiger partial charge in [0.2, 0.25) is 0 Å². The third-order valence-electron chi connectivity index (χ3n) is 4.19. The Morgan fingerprint density at radius 2 is 2.11 bits per heavy atom. The van der Waals surface area contributed by atoms with Gasteiger partial charge in [-0.3, -0.25) is 9.80 Å². The predicted molar refractivity (Wildman–Crippen MR) is 76.4 cm³/mol. The van der Waals surface area contributed by atoms with Crippen LogP contribution >= 0.6 is 0 Å². The summed E-state index contributed by atoms with van der Waals surface area (Å²) in [6, 6.07) is 0.464. The maximum atomic E-state index is 9.90. The molecular formula is C14H29N3O2. The second-order valence-electron chi connectivity index (χ2n) is 6.15. The number of aliphatic hydroxyl groups is 1. The summed E-state index contributed by atoms with van der Waals surface area (Å²) in [5, 5.41) is 9.90. The Labute approximate surface area is 117 Å². The summed E-state index contributed by atoms with van der Waals surface area (Å²) in [6.45, 7) is 8.99. The molecular weight excluding hydrogens is 242 g/mol. The Bertz CT molecular complexity index is 275. The van der Waals surface area contributed by atoms with Gasteiger partial charge in [-0.05, 0) is 27.1 Å². The third-order valence-corrected chi connectivity index (χ3v) is 4.19. The van der Waals surface area contributed by atoms with E-state index < -0.39 is 0 Å². The standard InChI is InChI=1S/C14H29N3O2/c1-4-16-5-6-19-14(10-16)11-17-9-13(18)7-12(17)8-15(2)3/h12-14,18H,4-11H2,1-3H3. The van der Waals surface area contributed by atoms with Crippen LogP contribution in [-0.4, -0.2) is 98.0 Å². The Balaban J connectivity index is 1.85. The summed E-state index contributed by atoms with van der Waals surface area (Å²) in [5.41, 5.74) is 0. The van der Waals surface area contributed by atoms with Crippen molar-refractivity contribution >= 4 is 0 Å². The molecule has 2 fully saturated rings. The van der Waals surface area contributed by atoms with Crippen molar-refractivity contribution < 1.29 is 9.84 Å². The van der Waals surface area contributed by atoms with Crippen molar-refractivity contribution in [3.8, 4) is 0 Å². The maximum Gasteiger partial charge on any atom is 0.0829 e. The van der Waals surface area contributed by atoms with Gasteiger partial charge in [-0.2, -0.15) is 0 Å². The quantitative estimate of drug-likeness (QED) is 0.743. The fourth-order valence-corrected chi connectivity index (χ4v) is 3.23. The number of ether oxygens (including phenoxy) is 1. The van der Waals surface area contributed by atoms with Crippen LogP contribution in [-0.2, 0) is 4.74 Å². The first-order valence-corrected chi connectivity index (χ1v) is 7.49. The van der Waals surface area contributed by atoms with E-state index in [0.717, 1.165) is 52.3 Å². The zero-order chi connectivity index (χ0) is 13.8. The molecule has 0 saturated carbocycles. The number of hydrogen-bond acceptors (Lipinski definition) is 5. The zero-order valence-corrected chi connectivity index (χ0v) is 12.6. The highest BCUT2D eigenvalue weighted by Crippen LogP contribution is 2.20. The largest absolute Gasteiger partial charge is 0.392 e. The minimum Gasteiger partial charge on any atom is -0.392 e. The van der Waals surface area contributed by atoms with Crippen molar-refractivity contribution in [2.45, 2.75) is 31.6 Å². The molecule has 0 aromatic rings. The molecule has 0 spiro atoms. The van der Waals surface area contributed by atoms with Gasteiger partial charge in [-0.15, -0.1) is 0 Å². The molecule has 3 unspecified atom stereocenters. The molecule has 2 heterocycles. The highest BCUT2D eigenvalue weighted by Gasteiger charge is 2.33. The van der Waals surface area contributed by atoms with E-state index in [-0.39, 0.29) is 6.10 Å². The molecule has 5 heteroatoms. The maximum absolute atomic E-state index is 9.90. The Morgan fingerprint density at radius 3 is 2.79 bits per heavy atom. The average Bonchev–Trinajstić information content (AvgIpc) is 2.69. The van der Waals surface area contributed by atoms with E-state index in [9.17, 15) is 5.11 Å². The van der Waals surface area contributed by atoms with Crippen molar-refractivity contribution in [3.05, 3.63) is 0 Å². The van der Waals surface area contributed by atoms with Crippen LogP contribution in [0.4, 0.5) is 0 Å². The number of hydrogen-bond donors (Lipinski definition) is 1. The summed E-state index contributed by atoms with van der Waals surface area (Å²) in [4.78, 5) is 7.06. The van der Waals surface area contributed by atoms with E-state index in [4.69, 9.17) is 4.74 Å². The van der Waals surface area contributed by atoms with E-state index in [2.05, 4.69) is 35.7 Å². The van der Waals surface area contributed by atoms with Crippen molar-refractivity contribution in [3.63, 3.8) is 0 Å². The number of rotatable bonds is 5. The molecule has 3 atom stereocenters. The molecule has 0 aromatic heterocycles. The number of aliphatic hydroxyl groups excluding tert-OH is 1. The topological polar surface area (TPSA) is 39.2 Å². The monoisotopic (exact) mass is 271 g/mol. The molecule has 0 aliphatic carbocycles. The van der Waals surface area contributed by atoms with Gasteiger partial charge < -0.3 is 14.7 Å². The normalized spacial score (nSPS) is 34.3. The summed E-state index contributed by atoms with van der Waals surface area (Å²) in [7, 11) is 4.19. The number of β-amino-alcohol motifs (C(OH)–C–C–N with tert-alkyl or cyclic N) is 1. The molecule has 2 aliphatic rings. The van der Waals surface area contributed by atoms with Gasteiger partial charge in [-0.1, -0.05) is 6.92 Å². The van der Waals surface area contributed by atoms with E-state index in [1.807, 2.05) is 0 Å². The summed E-state index contributed by atoms with van der Waals surface area (Å²) < 4.78 is 5.88. The van der Waals surface area contributed by atoms with Crippen LogP contribution in [0.1, 0.15) is 13.3 Å². The van der Waals surface area contributed by atoms with E-state index in [1.165, 1.54) is 0 Å². The van der Waals surface area contributed by atoms with Gasteiger partial charge in [0.15, 0.2) is 0 Å². The molecule has 0 amide bonds. The fourth-order valence-electron chi connectivity index (χ4n) is 3.23. The fraction of sp³-hybridized carbons (Fsp3) is 1.00. The average molecular weight is 271 g/mol. The highest BCUT2D eigenvalue weighted by molar-refractivity contribution is 4.88. The number of likely N-dealkylation sites (tertiary alicyclic amines) is 1. The van der Waals surface area contributed by atoms with Crippen LogP contribution in [0.5, 0.6) is 0 Å². The first kappa shape index (κ1) is 15.2. The molecule has 19 heavy (non-hydrogen) atoms. The van der Waals surface area contributed by atoms with Gasteiger partial charge in [-0.25, -0.2) is 0 Å². The smallest absolute Gasteiger partial charge is 0.0829 e. The molecule has 0 aromatic carbocycles. The molecule has 5 nitrogen and oxygen atoms in total. The second-order valence-corrected chi connectivity index (χ2v) is 6.15. The van der Waals surface area contributed by atoms with Crippen LogP contribution in [0.25, 0.3) is 0 Å². The summed E-state index contributed by atoms with van der Waals surface area (Å²) in [6.07, 6.45) is 1.02. The second kappa shape index (κ2) is 6.99. The summed E-state index contributed by atoms with van der Waals surface area (Å²) in [5.74, 6) is 0. The first-order valence-electron chi connectivity index (χ1n) is 7.49. The van der Waals surface area contributed by atoms with Crippen molar-refractivity contribution in [1.82, 2.24) is 14.7 Å². The molecule has 1 N–H and O–H groups in total. The van der Waals surface area contributed by atoms with Crippen LogP contribution in [0.2, 0.25) is 0 Å². The Kier molecular flexibility index (Phi) is 5.59. The molecule has 2 rings (SSSR count). The molecule has 112 valence electrons. The highest BCUT2D eigenvalue weighted by atomic mass is 16.5. The number of nitrogens with zero attached hydrogens (tertiary/aromatic N) is 3. The minimum absolute atomic E-state index is 0.171. The molecule has 0 bridgehead atoms. The number of likely N-dealkylation sites (N-methyl/N-ethyl adjacent to an activating group) is 2. The minimum atomic E-state index is -0.171. The first-order chi connectivity index (χ1) is 9.08. The zero-order valence-electron chi connectivity index (χ0n) is 12.6. The lowest BCUT2D eigenvalue weighted by atomic mass is 10.2. The van der Waals surface area contributed by atoms with Crippen molar-refractivity contribution in [2.24, 2.45) is 0 Å². The Hall–Kier alpha value is -0.200. The lowest BCUT2D eigenvalue weighted by Gasteiger charge is -2.36. The lowest BCUT2D eigenvalue weighted by Crippen LogP contribution is -2.49. The van der Waals surface area contributed by atoms with E-state index >= 15 is 0 Å². The van der Waals surface area contributed by atoms with Crippen molar-refractivity contribution in [1.29, 1.82) is 0 Å². The van der Waals surface area contributed by atoms with Gasteiger partial charge in [0, 0.05) is 38.8 Å². The lowest BCUT2D eigenvalue weighted by molar-refractivity contribution is -0.0448. The third kappa shape index (κ3) is 4.39. The SMILES string of the molecule is CCN1CCOC(CN2CC(O)CC2CN(C)C)C1. The molecule has 2 aliphatic heterocycles. The predicted octanol–water partition coefficient (Wildman–Crippen LogP) is -0.296. The Morgan fingerprint density at radius 1 is 1.32 bits per heavy atom. The van der Waals surface area contributed by atoms with E-state index in [0.29, 0.717) is 12.1 Å². The van der Waals surface area contributed by atoms with Crippen molar-refractivity contribution in [2.75, 3.05) is 60.0 Å². The van der Waals surface area contributed by atoms with E-state index in [1.54, 1.807) is 0 Å². The van der Waals surface area contributed by atoms with Gasteiger partial charge in [0.05, 0.1) is 18.8 Å². The van der Waals surface area contributed by atoms with Gasteiger partial charge >= 0.3 is 0 Å². The van der Waals surface area contributed by atoms with Gasteiger partial charge in [0.1, 0.15) is 0 Å².